The molecule has 0 aliphatic rings. The SMILES string of the molecule is CCCCCC/C=C/C(CCOCc1ccccc1)O[CH2][Sn]([CH2]CCC)([CH2]CCC)[CH2]CCC. The van der Waals surface area contributed by atoms with Gasteiger partial charge in [-0.1, -0.05) is 0 Å². The molecule has 0 aromatic heterocycles. The zero-order valence-corrected chi connectivity index (χ0v) is 26.0. The number of unbranched alkanes of at least 4 members (excludes halogenated alkanes) is 7. The number of benzene rings is 1. The number of hydrogen-bond acceptors (Lipinski definition) is 2. The Kier molecular flexibility index (Phi) is 20.4. The third-order valence-electron chi connectivity index (χ3n) is 7.02. The first-order valence-corrected chi connectivity index (χ1v) is 22.7. The molecule has 1 rings (SSSR count). The van der Waals surface area contributed by atoms with E-state index < -0.39 is 18.4 Å². The maximum absolute atomic E-state index is 6.81. The topological polar surface area (TPSA) is 18.5 Å². The van der Waals surface area contributed by atoms with Crippen LogP contribution in [0, 0.1) is 0 Å². The molecule has 1 unspecified atom stereocenters. The molecule has 0 aliphatic carbocycles. The normalized spacial score (nSPS) is 13.1. The zero-order chi connectivity index (χ0) is 24.7. The Balaban J connectivity index is 2.71. The average Bonchev–Trinajstić information content (AvgIpc) is 2.87. The van der Waals surface area contributed by atoms with Gasteiger partial charge in [-0.15, -0.1) is 0 Å². The molecule has 0 N–H and O–H groups in total. The van der Waals surface area contributed by atoms with Crippen LogP contribution >= 0.6 is 0 Å². The van der Waals surface area contributed by atoms with Gasteiger partial charge in [0.15, 0.2) is 0 Å². The number of allylic oxidation sites excluding steroid dienone is 1. The summed E-state index contributed by atoms with van der Waals surface area (Å²) < 4.78 is 18.5. The van der Waals surface area contributed by atoms with Crippen molar-refractivity contribution < 1.29 is 9.47 Å². The maximum atomic E-state index is 6.81. The van der Waals surface area contributed by atoms with E-state index in [0.29, 0.717) is 6.61 Å². The van der Waals surface area contributed by atoms with Crippen molar-refractivity contribution in [3.63, 3.8) is 0 Å². The monoisotopic (exact) mass is 580 g/mol. The standard InChI is InChI=1S/C19H29O2.3C4H9.Sn/c1-3-4-5-6-7-11-14-19(20-2)15-16-21-17-18-12-9-8-10-13-18;3*1-3-4-2;/h8-14,19H,2-7,15-17H2,1H3;3*1,3-4H2,2H3;/b14-11+;;;;. The van der Waals surface area contributed by atoms with Gasteiger partial charge in [0.2, 0.25) is 0 Å². The molecule has 3 heteroatoms. The molecule has 0 bridgehead atoms. The van der Waals surface area contributed by atoms with Crippen molar-refractivity contribution in [2.75, 3.05) is 11.2 Å². The van der Waals surface area contributed by atoms with Crippen molar-refractivity contribution in [3.05, 3.63) is 48.0 Å². The van der Waals surface area contributed by atoms with Crippen molar-refractivity contribution >= 4 is 18.4 Å². The molecule has 0 amide bonds. The molecule has 0 fully saturated rings. The molecule has 0 aliphatic heterocycles. The summed E-state index contributed by atoms with van der Waals surface area (Å²) in [6.07, 6.45) is 20.6. The predicted octanol–water partition coefficient (Wildman–Crippen LogP) is 9.89. The molecule has 2 nitrogen and oxygen atoms in total. The van der Waals surface area contributed by atoms with Crippen molar-refractivity contribution in [1.82, 2.24) is 0 Å². The summed E-state index contributed by atoms with van der Waals surface area (Å²) in [7, 11) is 0. The second kappa shape index (κ2) is 21.9. The summed E-state index contributed by atoms with van der Waals surface area (Å²) in [5.74, 6) is 0. The van der Waals surface area contributed by atoms with E-state index in [9.17, 15) is 0 Å². The van der Waals surface area contributed by atoms with E-state index in [0.717, 1.165) is 17.7 Å². The minimum absolute atomic E-state index is 0.211. The van der Waals surface area contributed by atoms with E-state index in [1.165, 1.54) is 89.5 Å². The van der Waals surface area contributed by atoms with Crippen molar-refractivity contribution in [2.45, 2.75) is 131 Å². The summed E-state index contributed by atoms with van der Waals surface area (Å²) in [5, 5.41) is 0. The molecule has 0 spiro atoms. The Labute approximate surface area is 217 Å². The summed E-state index contributed by atoms with van der Waals surface area (Å²) in [5.41, 5.74) is 1.25. The molecule has 0 saturated carbocycles. The molecule has 1 aromatic carbocycles. The van der Waals surface area contributed by atoms with Crippen LogP contribution in [0.2, 0.25) is 13.3 Å². The fourth-order valence-electron chi connectivity index (χ4n) is 4.67. The predicted molar refractivity (Wildman–Crippen MR) is 153 cm³/mol. The molecular formula is C31H56O2Sn. The Hall–Kier alpha value is -0.321. The summed E-state index contributed by atoms with van der Waals surface area (Å²) in [6.45, 7) is 10.8. The van der Waals surface area contributed by atoms with Gasteiger partial charge < -0.3 is 0 Å². The van der Waals surface area contributed by atoms with Crippen LogP contribution < -0.4 is 0 Å². The second-order valence-electron chi connectivity index (χ2n) is 10.3. The quantitative estimate of drug-likeness (QED) is 0.0730. The first-order chi connectivity index (χ1) is 16.7. The van der Waals surface area contributed by atoms with Crippen LogP contribution in [0.25, 0.3) is 0 Å². The van der Waals surface area contributed by atoms with Crippen molar-refractivity contribution in [3.8, 4) is 0 Å². The fourth-order valence-corrected chi connectivity index (χ4v) is 19.1. The molecule has 1 aromatic rings. The molecule has 1 atom stereocenters. The minimum atomic E-state index is -2.27. The third-order valence-corrected chi connectivity index (χ3v) is 21.4. The number of hydrogen-bond donors (Lipinski definition) is 0. The molecule has 34 heavy (non-hydrogen) atoms. The second-order valence-corrected chi connectivity index (χ2v) is 23.9. The fraction of sp³-hybridized carbons (Fsp3) is 0.742. The average molecular weight is 579 g/mol. The van der Waals surface area contributed by atoms with Gasteiger partial charge in [-0.05, 0) is 0 Å². The van der Waals surface area contributed by atoms with Gasteiger partial charge >= 0.3 is 218 Å². The van der Waals surface area contributed by atoms with E-state index in [1.807, 2.05) is 0 Å². The first kappa shape index (κ1) is 31.7. The van der Waals surface area contributed by atoms with Gasteiger partial charge in [0, 0.05) is 0 Å². The summed E-state index contributed by atoms with van der Waals surface area (Å²) in [4.78, 5) is 0. The Morgan fingerprint density at radius 2 is 1.38 bits per heavy atom. The molecule has 0 radical (unpaired) electrons. The van der Waals surface area contributed by atoms with Crippen molar-refractivity contribution in [2.24, 2.45) is 0 Å². The number of ether oxygens (including phenoxy) is 2. The van der Waals surface area contributed by atoms with Crippen molar-refractivity contribution in [1.29, 1.82) is 0 Å². The van der Waals surface area contributed by atoms with Crippen LogP contribution in [0.3, 0.4) is 0 Å². The van der Waals surface area contributed by atoms with Gasteiger partial charge in [-0.2, -0.15) is 0 Å². The molecule has 196 valence electrons. The Morgan fingerprint density at radius 3 is 1.97 bits per heavy atom. The third kappa shape index (κ3) is 15.6. The van der Waals surface area contributed by atoms with Gasteiger partial charge in [0.25, 0.3) is 0 Å². The van der Waals surface area contributed by atoms with Crippen LogP contribution in [0.5, 0.6) is 0 Å². The van der Waals surface area contributed by atoms with E-state index >= 15 is 0 Å². The summed E-state index contributed by atoms with van der Waals surface area (Å²) >= 11 is -2.27. The van der Waals surface area contributed by atoms with Crippen LogP contribution in [0.15, 0.2) is 42.5 Å². The van der Waals surface area contributed by atoms with Gasteiger partial charge in [-0.3, -0.25) is 0 Å². The van der Waals surface area contributed by atoms with Crippen LogP contribution in [0.1, 0.15) is 110 Å². The van der Waals surface area contributed by atoms with E-state index in [-0.39, 0.29) is 6.10 Å². The zero-order valence-electron chi connectivity index (χ0n) is 23.2. The van der Waals surface area contributed by atoms with E-state index in [4.69, 9.17) is 9.47 Å². The molecule has 0 saturated heterocycles. The van der Waals surface area contributed by atoms with Gasteiger partial charge in [-0.25, -0.2) is 0 Å². The summed E-state index contributed by atoms with van der Waals surface area (Å²) in [6, 6.07) is 10.5. The van der Waals surface area contributed by atoms with Crippen LogP contribution in [0.4, 0.5) is 0 Å². The first-order valence-electron chi connectivity index (χ1n) is 14.6. The Morgan fingerprint density at radius 1 is 0.765 bits per heavy atom. The Bertz CT molecular complexity index is 565. The number of rotatable bonds is 23. The van der Waals surface area contributed by atoms with E-state index in [1.54, 1.807) is 0 Å². The molecular weight excluding hydrogens is 523 g/mol. The van der Waals surface area contributed by atoms with Gasteiger partial charge in [0.1, 0.15) is 0 Å². The van der Waals surface area contributed by atoms with Crippen LogP contribution in [-0.4, -0.2) is 35.7 Å². The van der Waals surface area contributed by atoms with E-state index in [2.05, 4.69) is 70.2 Å². The van der Waals surface area contributed by atoms with Crippen LogP contribution in [-0.2, 0) is 16.1 Å². The molecule has 0 heterocycles. The van der Waals surface area contributed by atoms with Gasteiger partial charge in [0.05, 0.1) is 0 Å².